The van der Waals surface area contributed by atoms with E-state index in [1.165, 1.54) is 0 Å². The van der Waals surface area contributed by atoms with E-state index in [4.69, 9.17) is 4.74 Å². The molecule has 1 saturated heterocycles. The number of ether oxygens (including phenoxy) is 1. The first-order valence-corrected chi connectivity index (χ1v) is 8.90. The molecular weight excluding hydrogens is 308 g/mol. The summed E-state index contributed by atoms with van der Waals surface area (Å²) >= 11 is 1.66. The van der Waals surface area contributed by atoms with Crippen molar-refractivity contribution in [1.82, 2.24) is 9.88 Å². The quantitative estimate of drug-likeness (QED) is 0.857. The molecule has 1 aliphatic rings. The fourth-order valence-electron chi connectivity index (χ4n) is 3.07. The molecule has 0 aliphatic carbocycles. The third-order valence-corrected chi connectivity index (χ3v) is 5.30. The Morgan fingerprint density at radius 1 is 1.43 bits per heavy atom. The maximum absolute atomic E-state index is 12.8. The Balaban J connectivity index is 1.75. The van der Waals surface area contributed by atoms with Crippen molar-refractivity contribution in [1.29, 1.82) is 0 Å². The normalized spacial score (nSPS) is 18.0. The minimum absolute atomic E-state index is 0.139. The number of carbonyl (C=O) groups excluding carboxylic acids is 1. The second kappa shape index (κ2) is 7.13. The third kappa shape index (κ3) is 3.72. The van der Waals surface area contributed by atoms with Crippen LogP contribution in [-0.4, -0.2) is 29.4 Å². The van der Waals surface area contributed by atoms with E-state index in [-0.39, 0.29) is 11.9 Å². The summed E-state index contributed by atoms with van der Waals surface area (Å²) in [5.41, 5.74) is 2.03. The number of benzene rings is 1. The molecule has 1 aromatic heterocycles. The molecule has 0 N–H and O–H groups in total. The van der Waals surface area contributed by atoms with E-state index in [1.54, 1.807) is 18.4 Å². The van der Waals surface area contributed by atoms with Gasteiger partial charge < -0.3 is 9.64 Å². The van der Waals surface area contributed by atoms with Crippen molar-refractivity contribution in [2.45, 2.75) is 38.6 Å². The maximum Gasteiger partial charge on any atom is 0.227 e. The topological polar surface area (TPSA) is 42.4 Å². The van der Waals surface area contributed by atoms with Crippen LogP contribution in [0.3, 0.4) is 0 Å². The first kappa shape index (κ1) is 16.0. The van der Waals surface area contributed by atoms with E-state index < -0.39 is 0 Å². The van der Waals surface area contributed by atoms with Crippen LogP contribution in [0.5, 0.6) is 5.75 Å². The van der Waals surface area contributed by atoms with E-state index >= 15 is 0 Å². The van der Waals surface area contributed by atoms with Gasteiger partial charge in [0.25, 0.3) is 0 Å². The van der Waals surface area contributed by atoms with Crippen molar-refractivity contribution in [3.63, 3.8) is 0 Å². The van der Waals surface area contributed by atoms with Gasteiger partial charge >= 0.3 is 0 Å². The Bertz CT molecular complexity index is 683. The second-order valence-electron chi connectivity index (χ2n) is 5.95. The first-order valence-electron chi connectivity index (χ1n) is 8.02. The lowest BCUT2D eigenvalue weighted by Gasteiger charge is -2.34. The molecule has 1 atom stereocenters. The van der Waals surface area contributed by atoms with Crippen LogP contribution in [-0.2, 0) is 11.2 Å². The number of nitrogens with zero attached hydrogens (tertiary/aromatic N) is 2. The molecule has 122 valence electrons. The van der Waals surface area contributed by atoms with Gasteiger partial charge in [-0.1, -0.05) is 12.1 Å². The smallest absolute Gasteiger partial charge is 0.227 e. The highest BCUT2D eigenvalue weighted by molar-refractivity contribution is 7.09. The molecule has 0 radical (unpaired) electrons. The summed E-state index contributed by atoms with van der Waals surface area (Å²) in [5.74, 6) is 0.969. The van der Waals surface area contributed by atoms with E-state index in [0.717, 1.165) is 47.8 Å². The van der Waals surface area contributed by atoms with E-state index in [2.05, 4.69) is 10.4 Å². The Kier molecular flexibility index (Phi) is 4.96. The molecule has 0 saturated carbocycles. The van der Waals surface area contributed by atoms with E-state index in [0.29, 0.717) is 6.42 Å². The molecule has 0 unspecified atom stereocenters. The van der Waals surface area contributed by atoms with Gasteiger partial charge in [-0.15, -0.1) is 11.3 Å². The number of piperidine rings is 1. The highest BCUT2D eigenvalue weighted by Crippen LogP contribution is 2.33. The minimum atomic E-state index is 0.139. The predicted octanol–water partition coefficient (Wildman–Crippen LogP) is 3.76. The number of carbonyl (C=O) groups is 1. The van der Waals surface area contributed by atoms with Crippen molar-refractivity contribution in [3.05, 3.63) is 45.9 Å². The number of hydrogen-bond donors (Lipinski definition) is 0. The van der Waals surface area contributed by atoms with Crippen LogP contribution in [0.25, 0.3) is 0 Å². The standard InChI is InChI=1S/C18H22N2O2S/c1-13-12-23-18(19-13)16-8-3-4-9-20(16)17(21)11-14-6-5-7-15(10-14)22-2/h5-7,10,12,16H,3-4,8-9,11H2,1-2H3/t16-/m1/s1. The molecule has 1 aromatic carbocycles. The molecule has 0 spiro atoms. The lowest BCUT2D eigenvalue weighted by Crippen LogP contribution is -2.39. The van der Waals surface area contributed by atoms with Crippen LogP contribution >= 0.6 is 11.3 Å². The van der Waals surface area contributed by atoms with E-state index in [9.17, 15) is 4.79 Å². The Hall–Kier alpha value is -1.88. The second-order valence-corrected chi connectivity index (χ2v) is 6.84. The van der Waals surface area contributed by atoms with Crippen molar-refractivity contribution in [2.24, 2.45) is 0 Å². The van der Waals surface area contributed by atoms with Crippen LogP contribution in [0.2, 0.25) is 0 Å². The zero-order valence-electron chi connectivity index (χ0n) is 13.6. The van der Waals surface area contributed by atoms with Crippen molar-refractivity contribution >= 4 is 17.2 Å². The van der Waals surface area contributed by atoms with Crippen LogP contribution in [0.1, 0.15) is 41.6 Å². The molecular formula is C18H22N2O2S. The van der Waals surface area contributed by atoms with Gasteiger partial charge in [-0.05, 0) is 43.9 Å². The van der Waals surface area contributed by atoms with Crippen LogP contribution in [0.4, 0.5) is 0 Å². The summed E-state index contributed by atoms with van der Waals surface area (Å²) in [7, 11) is 1.65. The Labute approximate surface area is 141 Å². The summed E-state index contributed by atoms with van der Waals surface area (Å²) in [6.07, 6.45) is 3.66. The number of thiazole rings is 1. The zero-order chi connectivity index (χ0) is 16.2. The van der Waals surface area contributed by atoms with Gasteiger partial charge in [0.2, 0.25) is 5.91 Å². The number of hydrogen-bond acceptors (Lipinski definition) is 4. The molecule has 0 bridgehead atoms. The Morgan fingerprint density at radius 3 is 3.04 bits per heavy atom. The number of methoxy groups -OCH3 is 1. The maximum atomic E-state index is 12.8. The number of aryl methyl sites for hydroxylation is 1. The first-order chi connectivity index (χ1) is 11.2. The van der Waals surface area contributed by atoms with Crippen LogP contribution in [0, 0.1) is 6.92 Å². The number of amides is 1. The van der Waals surface area contributed by atoms with Gasteiger partial charge in [0.05, 0.1) is 19.6 Å². The van der Waals surface area contributed by atoms with Crippen molar-refractivity contribution < 1.29 is 9.53 Å². The lowest BCUT2D eigenvalue weighted by molar-refractivity contribution is -0.134. The average molecular weight is 330 g/mol. The third-order valence-electron chi connectivity index (χ3n) is 4.23. The molecule has 5 heteroatoms. The highest BCUT2D eigenvalue weighted by Gasteiger charge is 2.29. The Morgan fingerprint density at radius 2 is 2.30 bits per heavy atom. The molecule has 2 heterocycles. The largest absolute Gasteiger partial charge is 0.497 e. The minimum Gasteiger partial charge on any atom is -0.497 e. The van der Waals surface area contributed by atoms with Gasteiger partial charge in [0.1, 0.15) is 10.8 Å². The molecule has 1 aliphatic heterocycles. The molecule has 1 fully saturated rings. The summed E-state index contributed by atoms with van der Waals surface area (Å²) in [4.78, 5) is 19.4. The fraction of sp³-hybridized carbons (Fsp3) is 0.444. The summed E-state index contributed by atoms with van der Waals surface area (Å²) in [5, 5.41) is 3.13. The van der Waals surface area contributed by atoms with Gasteiger partial charge in [0.15, 0.2) is 0 Å². The number of likely N-dealkylation sites (tertiary alicyclic amines) is 1. The zero-order valence-corrected chi connectivity index (χ0v) is 14.4. The summed E-state index contributed by atoms with van der Waals surface area (Å²) in [6, 6.07) is 7.88. The van der Waals surface area contributed by atoms with Gasteiger partial charge in [-0.3, -0.25) is 4.79 Å². The molecule has 2 aromatic rings. The lowest BCUT2D eigenvalue weighted by atomic mass is 10.0. The monoisotopic (exact) mass is 330 g/mol. The van der Waals surface area contributed by atoms with Gasteiger partial charge in [-0.2, -0.15) is 0 Å². The summed E-state index contributed by atoms with van der Waals surface area (Å²) in [6.45, 7) is 2.83. The fourth-order valence-corrected chi connectivity index (χ4v) is 4.01. The summed E-state index contributed by atoms with van der Waals surface area (Å²) < 4.78 is 5.24. The number of aromatic nitrogens is 1. The molecule has 3 rings (SSSR count). The average Bonchev–Trinajstić information content (AvgIpc) is 3.01. The number of rotatable bonds is 4. The van der Waals surface area contributed by atoms with E-state index in [1.807, 2.05) is 36.1 Å². The highest BCUT2D eigenvalue weighted by atomic mass is 32.1. The molecule has 1 amide bonds. The van der Waals surface area contributed by atoms with Crippen LogP contribution < -0.4 is 4.74 Å². The molecule has 4 nitrogen and oxygen atoms in total. The van der Waals surface area contributed by atoms with Crippen molar-refractivity contribution in [3.8, 4) is 5.75 Å². The van der Waals surface area contributed by atoms with Crippen LogP contribution in [0.15, 0.2) is 29.6 Å². The molecule has 23 heavy (non-hydrogen) atoms. The van der Waals surface area contributed by atoms with Crippen molar-refractivity contribution in [2.75, 3.05) is 13.7 Å². The van der Waals surface area contributed by atoms with Gasteiger partial charge in [0, 0.05) is 17.6 Å². The SMILES string of the molecule is COc1cccc(CC(=O)N2CCCC[C@@H]2c2nc(C)cs2)c1. The predicted molar refractivity (Wildman–Crippen MR) is 91.9 cm³/mol. The van der Waals surface area contributed by atoms with Gasteiger partial charge in [-0.25, -0.2) is 4.98 Å².